The molecule has 0 aromatic heterocycles. The molecule has 0 unspecified atom stereocenters. The van der Waals surface area contributed by atoms with Crippen LogP contribution in [-0.4, -0.2) is 23.5 Å². The van der Waals surface area contributed by atoms with Crippen molar-refractivity contribution in [2.75, 3.05) is 6.54 Å². The average molecular weight is 202 g/mol. The molecule has 0 aromatic carbocycles. The van der Waals surface area contributed by atoms with Crippen LogP contribution in [0.1, 0.15) is 26.2 Å². The number of nitrogens with two attached hydrogens (primary N) is 1. The first kappa shape index (κ1) is 12.6. The second-order valence-electron chi connectivity index (χ2n) is 2.89. The number of nitrogens with zero attached hydrogens (tertiary/aromatic N) is 1. The maximum atomic E-state index is 12.8. The van der Waals surface area contributed by atoms with Gasteiger partial charge in [0.2, 0.25) is 0 Å². The van der Waals surface area contributed by atoms with E-state index in [4.69, 9.17) is 10.8 Å². The first-order chi connectivity index (χ1) is 6.52. The molecule has 0 rings (SSSR count). The summed E-state index contributed by atoms with van der Waals surface area (Å²) in [5.74, 6) is -0.908. The van der Waals surface area contributed by atoms with Crippen molar-refractivity contribution in [3.8, 4) is 0 Å². The minimum Gasteiger partial charge on any atom is -0.481 e. The van der Waals surface area contributed by atoms with Crippen LogP contribution in [0.15, 0.2) is 16.9 Å². The first-order valence-corrected chi connectivity index (χ1v) is 4.35. The van der Waals surface area contributed by atoms with Crippen LogP contribution in [0.5, 0.6) is 0 Å². The SMILES string of the molecule is CC(N)=NC/C(F)=C/CCCC(=O)O. The third-order valence-electron chi connectivity index (χ3n) is 1.44. The summed E-state index contributed by atoms with van der Waals surface area (Å²) in [6.07, 6.45) is 2.25. The fourth-order valence-electron chi connectivity index (χ4n) is 0.777. The standard InChI is InChI=1S/C9H15FN2O2/c1-7(11)12-6-8(10)4-2-3-5-9(13)14/h4H,2-3,5-6H2,1H3,(H2,11,12)(H,13,14)/b8-4-. The van der Waals surface area contributed by atoms with E-state index in [2.05, 4.69) is 4.99 Å². The van der Waals surface area contributed by atoms with E-state index >= 15 is 0 Å². The van der Waals surface area contributed by atoms with Crippen LogP contribution in [0.25, 0.3) is 0 Å². The minimum atomic E-state index is -0.866. The molecule has 0 radical (unpaired) electrons. The van der Waals surface area contributed by atoms with Gasteiger partial charge in [0, 0.05) is 6.42 Å². The lowest BCUT2D eigenvalue weighted by Gasteiger charge is -1.94. The number of hydrogen-bond acceptors (Lipinski definition) is 2. The highest BCUT2D eigenvalue weighted by Gasteiger charge is 1.96. The van der Waals surface area contributed by atoms with Crippen molar-refractivity contribution in [1.82, 2.24) is 0 Å². The third-order valence-corrected chi connectivity index (χ3v) is 1.44. The van der Waals surface area contributed by atoms with Crippen molar-refractivity contribution >= 4 is 11.8 Å². The number of amidine groups is 1. The molecule has 5 heteroatoms. The largest absolute Gasteiger partial charge is 0.481 e. The number of hydrogen-bond donors (Lipinski definition) is 2. The second kappa shape index (κ2) is 7.06. The fraction of sp³-hybridized carbons (Fsp3) is 0.556. The van der Waals surface area contributed by atoms with Gasteiger partial charge in [-0.15, -0.1) is 0 Å². The Labute approximate surface area is 82.3 Å². The fourth-order valence-corrected chi connectivity index (χ4v) is 0.777. The number of rotatable bonds is 6. The molecule has 4 nitrogen and oxygen atoms in total. The van der Waals surface area contributed by atoms with Gasteiger partial charge in [0.05, 0.1) is 12.4 Å². The van der Waals surface area contributed by atoms with E-state index in [0.29, 0.717) is 18.7 Å². The molecule has 0 atom stereocenters. The molecular formula is C9H15FN2O2. The number of carboxylic acids is 1. The smallest absolute Gasteiger partial charge is 0.303 e. The number of halogens is 1. The molecule has 0 bridgehead atoms. The molecule has 0 spiro atoms. The summed E-state index contributed by atoms with van der Waals surface area (Å²) in [6.45, 7) is 1.52. The van der Waals surface area contributed by atoms with Gasteiger partial charge in [0.15, 0.2) is 0 Å². The van der Waals surface area contributed by atoms with Crippen molar-refractivity contribution in [3.63, 3.8) is 0 Å². The van der Waals surface area contributed by atoms with E-state index < -0.39 is 5.97 Å². The molecule has 0 aliphatic rings. The second-order valence-corrected chi connectivity index (χ2v) is 2.89. The molecule has 0 aliphatic heterocycles. The van der Waals surface area contributed by atoms with Crippen LogP contribution in [0.4, 0.5) is 4.39 Å². The number of aliphatic carboxylic acids is 1. The van der Waals surface area contributed by atoms with Gasteiger partial charge in [-0.2, -0.15) is 0 Å². The average Bonchev–Trinajstić information content (AvgIpc) is 2.08. The molecule has 3 N–H and O–H groups in total. The Bertz CT molecular complexity index is 245. The minimum absolute atomic E-state index is 0.0585. The van der Waals surface area contributed by atoms with Crippen molar-refractivity contribution in [3.05, 3.63) is 11.9 Å². The number of aliphatic imine (C=N–C) groups is 1. The maximum Gasteiger partial charge on any atom is 0.303 e. The highest BCUT2D eigenvalue weighted by molar-refractivity contribution is 5.77. The molecule has 0 aromatic rings. The Morgan fingerprint density at radius 3 is 2.79 bits per heavy atom. The Balaban J connectivity index is 3.66. The van der Waals surface area contributed by atoms with E-state index in [9.17, 15) is 9.18 Å². The van der Waals surface area contributed by atoms with E-state index in [1.165, 1.54) is 6.08 Å². The van der Waals surface area contributed by atoms with Crippen molar-refractivity contribution in [2.45, 2.75) is 26.2 Å². The lowest BCUT2D eigenvalue weighted by atomic mass is 10.2. The van der Waals surface area contributed by atoms with Gasteiger partial charge in [-0.25, -0.2) is 4.39 Å². The predicted octanol–water partition coefficient (Wildman–Crippen LogP) is 1.47. The highest BCUT2D eigenvalue weighted by Crippen LogP contribution is 2.03. The zero-order valence-electron chi connectivity index (χ0n) is 8.16. The van der Waals surface area contributed by atoms with Crippen molar-refractivity contribution in [2.24, 2.45) is 10.7 Å². The summed E-state index contributed by atoms with van der Waals surface area (Å²) in [4.78, 5) is 13.8. The lowest BCUT2D eigenvalue weighted by molar-refractivity contribution is -0.137. The maximum absolute atomic E-state index is 12.8. The third kappa shape index (κ3) is 8.70. The predicted molar refractivity (Wildman–Crippen MR) is 52.8 cm³/mol. The van der Waals surface area contributed by atoms with Crippen LogP contribution in [0.3, 0.4) is 0 Å². The Kier molecular flexibility index (Phi) is 6.36. The number of carbonyl (C=O) groups is 1. The molecule has 0 saturated heterocycles. The Hall–Kier alpha value is -1.39. The molecule has 0 aliphatic carbocycles. The Morgan fingerprint density at radius 2 is 2.29 bits per heavy atom. The van der Waals surface area contributed by atoms with Crippen molar-refractivity contribution in [1.29, 1.82) is 0 Å². The molecular weight excluding hydrogens is 187 g/mol. The summed E-state index contributed by atoms with van der Waals surface area (Å²) < 4.78 is 12.8. The molecule has 0 saturated carbocycles. The summed E-state index contributed by atoms with van der Waals surface area (Å²) in [5, 5.41) is 8.30. The van der Waals surface area contributed by atoms with Gasteiger partial charge < -0.3 is 10.8 Å². The zero-order valence-corrected chi connectivity index (χ0v) is 8.16. The summed E-state index contributed by atoms with van der Waals surface area (Å²) in [5.41, 5.74) is 5.21. The van der Waals surface area contributed by atoms with Gasteiger partial charge >= 0.3 is 5.97 Å². The lowest BCUT2D eigenvalue weighted by Crippen LogP contribution is -2.06. The number of carboxylic acid groups (broad SMARTS) is 1. The van der Waals surface area contributed by atoms with Gasteiger partial charge in [0.1, 0.15) is 5.83 Å². The molecule has 14 heavy (non-hydrogen) atoms. The van der Waals surface area contributed by atoms with E-state index in [1.54, 1.807) is 6.92 Å². The van der Waals surface area contributed by atoms with Crippen molar-refractivity contribution < 1.29 is 14.3 Å². The van der Waals surface area contributed by atoms with Crippen LogP contribution in [-0.2, 0) is 4.79 Å². The van der Waals surface area contributed by atoms with Gasteiger partial charge in [-0.05, 0) is 19.8 Å². The van der Waals surface area contributed by atoms with Gasteiger partial charge in [-0.1, -0.05) is 6.08 Å². The van der Waals surface area contributed by atoms with Gasteiger partial charge in [-0.3, -0.25) is 9.79 Å². The van der Waals surface area contributed by atoms with E-state index in [-0.39, 0.29) is 18.8 Å². The number of unbranched alkanes of at least 4 members (excludes halogenated alkanes) is 1. The van der Waals surface area contributed by atoms with E-state index in [1.807, 2.05) is 0 Å². The summed E-state index contributed by atoms with van der Waals surface area (Å²) in [6, 6.07) is 0. The highest BCUT2D eigenvalue weighted by atomic mass is 19.1. The normalized spacial score (nSPS) is 13.0. The van der Waals surface area contributed by atoms with Gasteiger partial charge in [0.25, 0.3) is 0 Å². The summed E-state index contributed by atoms with van der Waals surface area (Å²) in [7, 11) is 0. The molecule has 0 amide bonds. The zero-order chi connectivity index (χ0) is 11.0. The quantitative estimate of drug-likeness (QED) is 0.389. The molecule has 0 fully saturated rings. The Morgan fingerprint density at radius 1 is 1.64 bits per heavy atom. The topological polar surface area (TPSA) is 75.7 Å². The number of allylic oxidation sites excluding steroid dienone is 1. The van der Waals surface area contributed by atoms with Crippen LogP contribution in [0.2, 0.25) is 0 Å². The van der Waals surface area contributed by atoms with Crippen LogP contribution >= 0.6 is 0 Å². The van der Waals surface area contributed by atoms with E-state index in [0.717, 1.165) is 0 Å². The molecule has 0 heterocycles. The van der Waals surface area contributed by atoms with Crippen LogP contribution < -0.4 is 5.73 Å². The first-order valence-electron chi connectivity index (χ1n) is 4.35. The summed E-state index contributed by atoms with van der Waals surface area (Å²) >= 11 is 0. The van der Waals surface area contributed by atoms with Crippen LogP contribution in [0, 0.1) is 0 Å². The monoisotopic (exact) mass is 202 g/mol. The molecule has 80 valence electrons.